The molecule has 4 rings (SSSR count). The summed E-state index contributed by atoms with van der Waals surface area (Å²) in [5, 5.41) is 1.21. The highest BCUT2D eigenvalue weighted by molar-refractivity contribution is 7.63. The molecule has 96 valence electrons. The zero-order chi connectivity index (χ0) is 11.9. The van der Waals surface area contributed by atoms with Gasteiger partial charge in [-0.15, -0.1) is 0 Å². The minimum atomic E-state index is -0.178. The van der Waals surface area contributed by atoms with Gasteiger partial charge in [0, 0.05) is 18.0 Å². The van der Waals surface area contributed by atoms with E-state index in [0.29, 0.717) is 15.7 Å². The molecule has 4 unspecified atom stereocenters. The Morgan fingerprint density at radius 2 is 1.71 bits per heavy atom. The van der Waals surface area contributed by atoms with Gasteiger partial charge in [0.25, 0.3) is 0 Å². The summed E-state index contributed by atoms with van der Waals surface area (Å²) in [6.07, 6.45) is 6.63. The average molecular weight is 254 g/mol. The third-order valence-electron chi connectivity index (χ3n) is 6.61. The smallest absolute Gasteiger partial charge is 0.169 e. The molecular formula is C14H23O2P. The van der Waals surface area contributed by atoms with Crippen LogP contribution < -0.4 is 0 Å². The standard InChI is InChI=1S/C14H23O2P/c1-4-17-11(2)5-6-13(11)10-14(9-12(13,17)3)15-7-8-16-14/h4-10H2,1-3H3. The molecule has 3 heteroatoms. The Morgan fingerprint density at radius 1 is 1.00 bits per heavy atom. The summed E-state index contributed by atoms with van der Waals surface area (Å²) in [4.78, 5) is 0. The number of hydrogen-bond acceptors (Lipinski definition) is 2. The van der Waals surface area contributed by atoms with E-state index in [0.717, 1.165) is 13.2 Å². The van der Waals surface area contributed by atoms with Crippen LogP contribution in [0.4, 0.5) is 0 Å². The monoisotopic (exact) mass is 254 g/mol. The number of ether oxygens (including phenoxy) is 2. The van der Waals surface area contributed by atoms with Crippen LogP contribution in [0.2, 0.25) is 0 Å². The van der Waals surface area contributed by atoms with Crippen molar-refractivity contribution in [2.24, 2.45) is 5.41 Å². The van der Waals surface area contributed by atoms with Gasteiger partial charge in [-0.2, -0.15) is 0 Å². The minimum absolute atomic E-state index is 0.175. The second-order valence-corrected chi connectivity index (χ2v) is 10.3. The van der Waals surface area contributed by atoms with Crippen molar-refractivity contribution < 1.29 is 9.47 Å². The lowest BCUT2D eigenvalue weighted by atomic mass is 9.53. The number of hydrogen-bond donors (Lipinski definition) is 0. The normalized spacial score (nSPS) is 58.4. The molecule has 4 atom stereocenters. The van der Waals surface area contributed by atoms with Crippen molar-refractivity contribution in [2.75, 3.05) is 19.4 Å². The first-order chi connectivity index (χ1) is 8.02. The van der Waals surface area contributed by atoms with Gasteiger partial charge in [-0.25, -0.2) is 0 Å². The van der Waals surface area contributed by atoms with E-state index < -0.39 is 0 Å². The lowest BCUT2D eigenvalue weighted by Crippen LogP contribution is -2.72. The van der Waals surface area contributed by atoms with Gasteiger partial charge in [0.05, 0.1) is 13.2 Å². The summed E-state index contributed by atoms with van der Waals surface area (Å²) < 4.78 is 12.0. The van der Waals surface area contributed by atoms with E-state index in [2.05, 4.69) is 20.8 Å². The highest BCUT2D eigenvalue weighted by Crippen LogP contribution is 2.94. The molecule has 0 bridgehead atoms. The molecule has 2 spiro atoms. The van der Waals surface area contributed by atoms with E-state index in [1.807, 2.05) is 0 Å². The van der Waals surface area contributed by atoms with Crippen LogP contribution in [-0.4, -0.2) is 35.5 Å². The molecule has 2 aliphatic heterocycles. The van der Waals surface area contributed by atoms with Gasteiger partial charge in [0.15, 0.2) is 5.79 Å². The van der Waals surface area contributed by atoms with Crippen LogP contribution in [0.15, 0.2) is 0 Å². The van der Waals surface area contributed by atoms with Gasteiger partial charge in [0.2, 0.25) is 0 Å². The van der Waals surface area contributed by atoms with Gasteiger partial charge in [-0.05, 0) is 29.6 Å². The van der Waals surface area contributed by atoms with Crippen LogP contribution in [0, 0.1) is 5.41 Å². The second kappa shape index (κ2) is 2.92. The van der Waals surface area contributed by atoms with Gasteiger partial charge in [-0.1, -0.05) is 28.7 Å². The van der Waals surface area contributed by atoms with Crippen LogP contribution in [0.25, 0.3) is 0 Å². The molecule has 0 radical (unpaired) electrons. The van der Waals surface area contributed by atoms with E-state index in [9.17, 15) is 0 Å². The fraction of sp³-hybridized carbons (Fsp3) is 1.00. The van der Waals surface area contributed by atoms with Crippen molar-refractivity contribution in [1.29, 1.82) is 0 Å². The van der Waals surface area contributed by atoms with E-state index in [4.69, 9.17) is 9.47 Å². The van der Waals surface area contributed by atoms with E-state index >= 15 is 0 Å². The Balaban J connectivity index is 1.75. The molecule has 4 fully saturated rings. The predicted octanol–water partition coefficient (Wildman–Crippen LogP) is 3.34. The third kappa shape index (κ3) is 0.924. The van der Waals surface area contributed by atoms with E-state index in [1.165, 1.54) is 31.8 Å². The maximum absolute atomic E-state index is 6.02. The van der Waals surface area contributed by atoms with Crippen molar-refractivity contribution in [1.82, 2.24) is 0 Å². The van der Waals surface area contributed by atoms with Crippen molar-refractivity contribution >= 4 is 7.92 Å². The highest BCUT2D eigenvalue weighted by atomic mass is 31.1. The minimum Gasteiger partial charge on any atom is -0.347 e. The zero-order valence-electron chi connectivity index (χ0n) is 11.2. The first-order valence-corrected chi connectivity index (χ1v) is 8.60. The maximum Gasteiger partial charge on any atom is 0.169 e. The molecule has 4 aliphatic rings. The first kappa shape index (κ1) is 11.2. The Hall–Kier alpha value is 0.350. The lowest BCUT2D eigenvalue weighted by molar-refractivity contribution is -0.162. The van der Waals surface area contributed by atoms with Crippen LogP contribution in [0.1, 0.15) is 46.5 Å². The predicted molar refractivity (Wildman–Crippen MR) is 69.8 cm³/mol. The summed E-state index contributed by atoms with van der Waals surface area (Å²) in [6.45, 7) is 9.12. The Bertz CT molecular complexity index is 378. The van der Waals surface area contributed by atoms with Crippen molar-refractivity contribution in [3.05, 3.63) is 0 Å². The molecular weight excluding hydrogens is 231 g/mol. The molecule has 17 heavy (non-hydrogen) atoms. The fourth-order valence-corrected chi connectivity index (χ4v) is 11.0. The SMILES string of the molecule is CCP1C2(C)CCC23CC2(CC13C)OCCO2. The van der Waals surface area contributed by atoms with E-state index in [1.54, 1.807) is 0 Å². The molecule has 2 saturated heterocycles. The number of rotatable bonds is 1. The first-order valence-electron chi connectivity index (χ1n) is 7.08. The van der Waals surface area contributed by atoms with Crippen LogP contribution in [-0.2, 0) is 9.47 Å². The van der Waals surface area contributed by atoms with Gasteiger partial charge >= 0.3 is 0 Å². The Morgan fingerprint density at radius 3 is 2.24 bits per heavy atom. The largest absolute Gasteiger partial charge is 0.347 e. The summed E-state index contributed by atoms with van der Waals surface area (Å²) in [5.74, 6) is -0.178. The molecule has 2 saturated carbocycles. The second-order valence-electron chi connectivity index (χ2n) is 6.84. The topological polar surface area (TPSA) is 18.5 Å². The third-order valence-corrected chi connectivity index (χ3v) is 10.9. The quantitative estimate of drug-likeness (QED) is 0.668. The summed E-state index contributed by atoms with van der Waals surface area (Å²) in [5.41, 5.74) is 0.575. The summed E-state index contributed by atoms with van der Waals surface area (Å²) in [7, 11) is 0.175. The molecule has 0 aromatic rings. The molecule has 0 N–H and O–H groups in total. The van der Waals surface area contributed by atoms with Crippen molar-refractivity contribution in [3.8, 4) is 0 Å². The Labute approximate surface area is 105 Å². The summed E-state index contributed by atoms with van der Waals surface area (Å²) in [6, 6.07) is 0. The molecule has 2 aliphatic carbocycles. The zero-order valence-corrected chi connectivity index (χ0v) is 12.1. The highest BCUT2D eigenvalue weighted by Gasteiger charge is 2.84. The van der Waals surface area contributed by atoms with Crippen molar-refractivity contribution in [2.45, 2.75) is 62.6 Å². The molecule has 2 nitrogen and oxygen atoms in total. The van der Waals surface area contributed by atoms with Crippen LogP contribution >= 0.6 is 7.92 Å². The van der Waals surface area contributed by atoms with Crippen LogP contribution in [0.5, 0.6) is 0 Å². The average Bonchev–Trinajstić information content (AvgIpc) is 2.82. The van der Waals surface area contributed by atoms with Gasteiger partial charge in [-0.3, -0.25) is 0 Å². The Kier molecular flexibility index (Phi) is 1.92. The molecule has 0 aromatic carbocycles. The summed E-state index contributed by atoms with van der Waals surface area (Å²) >= 11 is 0. The fourth-order valence-electron chi connectivity index (χ4n) is 5.96. The molecule has 0 amide bonds. The van der Waals surface area contributed by atoms with Crippen LogP contribution in [0.3, 0.4) is 0 Å². The molecule has 0 aromatic heterocycles. The van der Waals surface area contributed by atoms with Gasteiger partial charge in [0.1, 0.15) is 0 Å². The van der Waals surface area contributed by atoms with E-state index in [-0.39, 0.29) is 13.7 Å². The molecule has 2 heterocycles. The lowest BCUT2D eigenvalue weighted by Gasteiger charge is -2.79. The maximum atomic E-state index is 6.02. The van der Waals surface area contributed by atoms with Gasteiger partial charge < -0.3 is 9.47 Å². The van der Waals surface area contributed by atoms with Crippen molar-refractivity contribution in [3.63, 3.8) is 0 Å².